The Morgan fingerprint density at radius 2 is 2.00 bits per heavy atom. The summed E-state index contributed by atoms with van der Waals surface area (Å²) in [5.74, 6) is -0.736. The van der Waals surface area contributed by atoms with Crippen LogP contribution >= 0.6 is 0 Å². The van der Waals surface area contributed by atoms with Gasteiger partial charge in [0.25, 0.3) is 0 Å². The van der Waals surface area contributed by atoms with E-state index in [1.165, 1.54) is 0 Å². The van der Waals surface area contributed by atoms with Crippen LogP contribution in [0.1, 0.15) is 91.4 Å². The minimum absolute atomic E-state index is 0.0574. The van der Waals surface area contributed by atoms with Crippen molar-refractivity contribution in [2.75, 3.05) is 6.61 Å². The molecule has 3 atom stereocenters. The maximum Gasteiger partial charge on any atom is 0.303 e. The van der Waals surface area contributed by atoms with Crippen LogP contribution in [0, 0.1) is 28.6 Å². The van der Waals surface area contributed by atoms with Crippen molar-refractivity contribution in [1.82, 2.24) is 10.6 Å². The highest BCUT2D eigenvalue weighted by molar-refractivity contribution is 5.94. The van der Waals surface area contributed by atoms with Crippen molar-refractivity contribution in [3.05, 3.63) is 71.2 Å². The summed E-state index contributed by atoms with van der Waals surface area (Å²) in [6.45, 7) is 9.89. The first-order valence-corrected chi connectivity index (χ1v) is 15.6. The van der Waals surface area contributed by atoms with E-state index in [0.29, 0.717) is 67.7 Å². The fraction of sp³-hybridized carbons (Fsp3) is 0.543. The summed E-state index contributed by atoms with van der Waals surface area (Å²) in [4.78, 5) is 37.9. The lowest BCUT2D eigenvalue weighted by molar-refractivity contribution is -0.137. The summed E-state index contributed by atoms with van der Waals surface area (Å²) in [5, 5.41) is 24.9. The second kappa shape index (κ2) is 16.1. The summed E-state index contributed by atoms with van der Waals surface area (Å²) in [5.41, 5.74) is 2.34. The molecule has 2 fully saturated rings. The molecule has 1 spiro atoms. The largest absolute Gasteiger partial charge is 0.493 e. The van der Waals surface area contributed by atoms with Gasteiger partial charge in [-0.3, -0.25) is 14.4 Å². The molecule has 8 nitrogen and oxygen atoms in total. The minimum atomic E-state index is -0.850. The fourth-order valence-corrected chi connectivity index (χ4v) is 6.12. The zero-order chi connectivity index (χ0) is 31.4. The molecule has 0 aromatic heterocycles. The second-order valence-corrected chi connectivity index (χ2v) is 12.0. The van der Waals surface area contributed by atoms with Crippen LogP contribution in [0.5, 0.6) is 0 Å². The van der Waals surface area contributed by atoms with Crippen LogP contribution < -0.4 is 10.6 Å². The van der Waals surface area contributed by atoms with Gasteiger partial charge in [0.2, 0.25) is 11.8 Å². The predicted molar refractivity (Wildman–Crippen MR) is 167 cm³/mol. The predicted octanol–water partition coefficient (Wildman–Crippen LogP) is 6.56. The van der Waals surface area contributed by atoms with Crippen LogP contribution in [0.15, 0.2) is 71.2 Å². The van der Waals surface area contributed by atoms with Crippen LogP contribution in [0.2, 0.25) is 0 Å². The molecule has 2 aliphatic carbocycles. The van der Waals surface area contributed by atoms with Crippen molar-refractivity contribution in [3.63, 3.8) is 0 Å². The molecule has 2 saturated carbocycles. The summed E-state index contributed by atoms with van der Waals surface area (Å²) in [6, 6.07) is 2.42. The van der Waals surface area contributed by atoms with Gasteiger partial charge in [0.15, 0.2) is 0 Å². The summed E-state index contributed by atoms with van der Waals surface area (Å²) in [6.07, 6.45) is 18.8. The van der Waals surface area contributed by atoms with E-state index in [1.54, 1.807) is 6.08 Å². The van der Waals surface area contributed by atoms with Crippen LogP contribution in [-0.2, 0) is 19.1 Å². The lowest BCUT2D eigenvalue weighted by Gasteiger charge is -2.28. The third-order valence-electron chi connectivity index (χ3n) is 8.77. The number of carboxylic acids is 1. The number of rotatable bonds is 15. The molecule has 3 unspecified atom stereocenters. The van der Waals surface area contributed by atoms with Gasteiger partial charge in [-0.15, -0.1) is 6.58 Å². The number of nitrogens with one attached hydrogen (secondary N) is 2. The van der Waals surface area contributed by atoms with Gasteiger partial charge < -0.3 is 20.5 Å². The maximum absolute atomic E-state index is 13.8. The van der Waals surface area contributed by atoms with Crippen LogP contribution in [0.4, 0.5) is 0 Å². The zero-order valence-electron chi connectivity index (χ0n) is 25.9. The van der Waals surface area contributed by atoms with Crippen molar-refractivity contribution < 1.29 is 24.2 Å². The standard InChI is InChI=1S/C35H47N3O5/c1-5-7-13-26(23-36)17-18-30(24(3)12-10-16-32(39)40)38-34(42)29-22-35(29)19-20-43-31(11-6-2)28(35)21-25(4)33(41)37-27-14-8-9-15-27/h5-6,11,13,18,21,24,27,29H,1,7-10,12,14-17,19-20,22H2,2-4H3,(H,37,41)(H,38,42)(H,39,40)/b11-6-,25-21+,26-13+,30-18+. The van der Waals surface area contributed by atoms with E-state index in [1.807, 2.05) is 51.2 Å². The Kier molecular flexibility index (Phi) is 12.6. The molecule has 3 N–H and O–H groups in total. The Balaban J connectivity index is 1.83. The lowest BCUT2D eigenvalue weighted by atomic mass is 9.85. The molecular formula is C35H47N3O5. The lowest BCUT2D eigenvalue weighted by Crippen LogP contribution is -2.33. The van der Waals surface area contributed by atoms with E-state index in [0.717, 1.165) is 31.3 Å². The third-order valence-corrected chi connectivity index (χ3v) is 8.77. The topological polar surface area (TPSA) is 129 Å². The van der Waals surface area contributed by atoms with E-state index in [2.05, 4.69) is 23.3 Å². The highest BCUT2D eigenvalue weighted by Gasteiger charge is 2.61. The maximum atomic E-state index is 13.8. The molecule has 3 rings (SSSR count). The molecule has 2 amide bonds. The molecular weight excluding hydrogens is 542 g/mol. The Bertz CT molecular complexity index is 1260. The highest BCUT2D eigenvalue weighted by Crippen LogP contribution is 2.63. The summed E-state index contributed by atoms with van der Waals surface area (Å²) < 4.78 is 6.02. The van der Waals surface area contributed by atoms with Crippen molar-refractivity contribution in [2.24, 2.45) is 17.3 Å². The van der Waals surface area contributed by atoms with Gasteiger partial charge in [-0.05, 0) is 76.9 Å². The molecule has 0 bridgehead atoms. The second-order valence-electron chi connectivity index (χ2n) is 12.0. The number of allylic oxidation sites excluding steroid dienone is 9. The van der Waals surface area contributed by atoms with E-state index in [9.17, 15) is 19.6 Å². The molecule has 8 heteroatoms. The first kappa shape index (κ1) is 33.6. The van der Waals surface area contributed by atoms with Crippen LogP contribution in [0.25, 0.3) is 0 Å². The summed E-state index contributed by atoms with van der Waals surface area (Å²) >= 11 is 0. The smallest absolute Gasteiger partial charge is 0.303 e. The fourth-order valence-electron chi connectivity index (χ4n) is 6.12. The van der Waals surface area contributed by atoms with Crippen molar-refractivity contribution in [3.8, 4) is 6.07 Å². The van der Waals surface area contributed by atoms with Gasteiger partial charge in [0.05, 0.1) is 12.7 Å². The number of aliphatic carboxylic acids is 1. The van der Waals surface area contributed by atoms with E-state index < -0.39 is 11.4 Å². The molecule has 0 aromatic carbocycles. The zero-order valence-corrected chi connectivity index (χ0v) is 25.9. The molecule has 3 aliphatic rings. The van der Waals surface area contributed by atoms with Gasteiger partial charge in [-0.25, -0.2) is 0 Å². The number of ether oxygens (including phenoxy) is 1. The number of carboxylic acid groups (broad SMARTS) is 1. The van der Waals surface area contributed by atoms with Crippen molar-refractivity contribution in [1.29, 1.82) is 5.26 Å². The number of nitrogens with zero attached hydrogens (tertiary/aromatic N) is 1. The van der Waals surface area contributed by atoms with Gasteiger partial charge in [-0.2, -0.15) is 5.26 Å². The van der Waals surface area contributed by atoms with Gasteiger partial charge in [-0.1, -0.05) is 44.1 Å². The number of carbonyl (C=O) groups is 3. The number of carbonyl (C=O) groups excluding carboxylic acids is 2. The molecule has 0 saturated heterocycles. The molecule has 0 aromatic rings. The van der Waals surface area contributed by atoms with E-state index in [-0.39, 0.29) is 36.1 Å². The Morgan fingerprint density at radius 1 is 1.26 bits per heavy atom. The third kappa shape index (κ3) is 9.31. The molecule has 43 heavy (non-hydrogen) atoms. The van der Waals surface area contributed by atoms with Gasteiger partial charge in [0, 0.05) is 52.6 Å². The quantitative estimate of drug-likeness (QED) is 0.113. The van der Waals surface area contributed by atoms with E-state index >= 15 is 0 Å². The van der Waals surface area contributed by atoms with Gasteiger partial charge >= 0.3 is 5.97 Å². The highest BCUT2D eigenvalue weighted by atomic mass is 16.5. The Morgan fingerprint density at radius 3 is 2.65 bits per heavy atom. The number of amides is 2. The first-order valence-electron chi connectivity index (χ1n) is 15.6. The normalized spacial score (nSPS) is 23.6. The molecule has 232 valence electrons. The average Bonchev–Trinajstić information content (AvgIpc) is 3.45. The monoisotopic (exact) mass is 589 g/mol. The number of nitriles is 1. The average molecular weight is 590 g/mol. The summed E-state index contributed by atoms with van der Waals surface area (Å²) in [7, 11) is 0. The SMILES string of the molecule is C=CC/C=C(/C#N)C/C=C(/NC(=O)C1CC12CCOC(/C=C\C)=C2/C=C(\C)C(=O)NC1CCCC1)C(C)CCCC(=O)O. The van der Waals surface area contributed by atoms with Crippen LogP contribution in [-0.4, -0.2) is 35.5 Å². The molecule has 1 aliphatic heterocycles. The van der Waals surface area contributed by atoms with Crippen molar-refractivity contribution >= 4 is 17.8 Å². The van der Waals surface area contributed by atoms with Crippen LogP contribution in [0.3, 0.4) is 0 Å². The number of hydrogen-bond acceptors (Lipinski definition) is 5. The molecule has 1 heterocycles. The Labute approximate surface area is 256 Å². The van der Waals surface area contributed by atoms with E-state index in [4.69, 9.17) is 9.84 Å². The minimum Gasteiger partial charge on any atom is -0.493 e. The number of hydrogen-bond donors (Lipinski definition) is 3. The van der Waals surface area contributed by atoms with Gasteiger partial charge in [0.1, 0.15) is 5.76 Å². The molecule has 0 radical (unpaired) electrons. The van der Waals surface area contributed by atoms with Crippen molar-refractivity contribution in [2.45, 2.75) is 97.4 Å². The Hall–Kier alpha value is -3.86. The first-order chi connectivity index (χ1) is 20.6.